The van der Waals surface area contributed by atoms with Gasteiger partial charge in [-0.25, -0.2) is 25.3 Å². The summed E-state index contributed by atoms with van der Waals surface area (Å²) >= 11 is 0. The number of halogens is 27. The molecule has 0 amide bonds. The van der Waals surface area contributed by atoms with Crippen LogP contribution in [0.25, 0.3) is 0 Å². The first-order valence-corrected chi connectivity index (χ1v) is 13.7. The van der Waals surface area contributed by atoms with Crippen LogP contribution in [0, 0.1) is 0 Å². The summed E-state index contributed by atoms with van der Waals surface area (Å²) in [5, 5.41) is -21.3. The molecule has 0 heterocycles. The van der Waals surface area contributed by atoms with Crippen LogP contribution in [0.2, 0.25) is 0 Å². The molecule has 40 heteroatoms. The van der Waals surface area contributed by atoms with E-state index in [1.54, 1.807) is 0 Å². The van der Waals surface area contributed by atoms with Crippen molar-refractivity contribution in [2.45, 2.75) is 69.8 Å². The van der Waals surface area contributed by atoms with E-state index in [1.807, 2.05) is 0 Å². The molecule has 0 rings (SSSR count). The summed E-state index contributed by atoms with van der Waals surface area (Å²) in [4.78, 5) is 0. The van der Waals surface area contributed by atoms with Gasteiger partial charge in [-0.05, 0) is 0 Å². The van der Waals surface area contributed by atoms with Crippen molar-refractivity contribution in [3.8, 4) is 0 Å². The van der Waals surface area contributed by atoms with Gasteiger partial charge < -0.3 is 13.7 Å². The van der Waals surface area contributed by atoms with Crippen molar-refractivity contribution in [3.63, 3.8) is 0 Å². The zero-order valence-corrected chi connectivity index (χ0v) is 25.3. The molecule has 0 fully saturated rings. The molecule has 0 saturated carbocycles. The van der Waals surface area contributed by atoms with E-state index in [0.717, 1.165) is 0 Å². The average molecular weight is 924 g/mol. The molecule has 0 spiro atoms. The van der Waals surface area contributed by atoms with E-state index in [1.165, 1.54) is 0 Å². The molecule has 0 aliphatic heterocycles. The number of hydrogen-bond donors (Lipinski definition) is 0. The van der Waals surface area contributed by atoms with E-state index in [2.05, 4.69) is 0 Å². The topological polar surface area (TPSA) is 172 Å². The van der Waals surface area contributed by atoms with E-state index >= 15 is 0 Å². The van der Waals surface area contributed by atoms with Crippen molar-refractivity contribution in [3.05, 3.63) is 0 Å². The molecule has 0 unspecified atom stereocenters. The van der Waals surface area contributed by atoms with Crippen LogP contribution in [0.3, 0.4) is 0 Å². The van der Waals surface area contributed by atoms with Crippen LogP contribution in [0.5, 0.6) is 0 Å². The van der Waals surface area contributed by atoms with Crippen molar-refractivity contribution < 1.29 is 157 Å². The normalized spacial score (nSPS) is 15.8. The van der Waals surface area contributed by atoms with Crippen LogP contribution < -0.4 is 0 Å². The SMILES string of the molecule is O=S(=O)([O-])C(F)(F)C(F)(F)C(F)(F)C(F)(F)F.O=S(=O)([O-])C(F)(F)C(F)(F)C(F)(F)C(F)(F)F.O=S(=O)([O-])C(F)(F)C(F)(F)C(F)(F)C(F)(F)F.[Al+3]. The van der Waals surface area contributed by atoms with Gasteiger partial charge in [0.2, 0.25) is 0 Å². The van der Waals surface area contributed by atoms with Crippen LogP contribution >= 0.6 is 0 Å². The number of rotatable bonds is 9. The molecule has 0 aliphatic carbocycles. The fourth-order valence-corrected chi connectivity index (χ4v) is 2.88. The van der Waals surface area contributed by atoms with Crippen LogP contribution in [0.4, 0.5) is 119 Å². The van der Waals surface area contributed by atoms with Gasteiger partial charge in [0, 0.05) is 0 Å². The van der Waals surface area contributed by atoms with Crippen LogP contribution in [0.15, 0.2) is 0 Å². The standard InChI is InChI=1S/3C4HF9O3S.Al/c3*5-1(6,3(9,10)11)2(7,8)4(12,13)17(14,15)16;/h3*(H,14,15,16);/q;;;+3/p-3. The summed E-state index contributed by atoms with van der Waals surface area (Å²) in [6.45, 7) is 0. The largest absolute Gasteiger partial charge is 3.00 e. The second kappa shape index (κ2) is 14.8. The molecule has 0 radical (unpaired) electrons. The molecule has 0 N–H and O–H groups in total. The Kier molecular flexibility index (Phi) is 16.2. The summed E-state index contributed by atoms with van der Waals surface area (Å²) in [6.07, 6.45) is -21.5. The molecule has 0 bridgehead atoms. The molecule has 0 saturated heterocycles. The molecule has 0 atom stereocenters. The van der Waals surface area contributed by atoms with Gasteiger partial charge in [0.05, 0.1) is 0 Å². The minimum Gasteiger partial charge on any atom is -0.743 e. The zero-order chi connectivity index (χ0) is 43.5. The molecular formula is C12AlF27O9S3. The smallest absolute Gasteiger partial charge is 0.743 e. The minimum atomic E-state index is -7.43. The van der Waals surface area contributed by atoms with Gasteiger partial charge in [-0.15, -0.1) is 0 Å². The van der Waals surface area contributed by atoms with Crippen LogP contribution in [-0.2, 0) is 30.4 Å². The molecule has 312 valence electrons. The van der Waals surface area contributed by atoms with E-state index in [0.29, 0.717) is 0 Å². The van der Waals surface area contributed by atoms with Crippen molar-refractivity contribution >= 4 is 47.7 Å². The van der Waals surface area contributed by atoms with Crippen molar-refractivity contribution in [1.82, 2.24) is 0 Å². The van der Waals surface area contributed by atoms with E-state index in [-0.39, 0.29) is 17.4 Å². The van der Waals surface area contributed by atoms with Crippen LogP contribution in [-0.4, -0.2) is 126 Å². The quantitative estimate of drug-likeness (QED) is 0.165. The third kappa shape index (κ3) is 9.59. The minimum absolute atomic E-state index is 0. The Labute approximate surface area is 275 Å². The van der Waals surface area contributed by atoms with Gasteiger partial charge in [-0.1, -0.05) is 0 Å². The molecule has 0 aromatic rings. The average Bonchev–Trinajstić information content (AvgIpc) is 2.79. The molecule has 52 heavy (non-hydrogen) atoms. The number of hydrogen-bond acceptors (Lipinski definition) is 9. The van der Waals surface area contributed by atoms with Gasteiger partial charge >= 0.3 is 87.2 Å². The fraction of sp³-hybridized carbons (Fsp3) is 1.00. The molecule has 9 nitrogen and oxygen atoms in total. The Morgan fingerprint density at radius 2 is 0.346 bits per heavy atom. The Balaban J connectivity index is -0.000000329. The summed E-state index contributed by atoms with van der Waals surface area (Å²) < 4.78 is 406. The Morgan fingerprint density at radius 3 is 0.404 bits per heavy atom. The van der Waals surface area contributed by atoms with Gasteiger partial charge in [0.1, 0.15) is 0 Å². The molecule has 0 aromatic heterocycles. The van der Waals surface area contributed by atoms with Gasteiger partial charge in [-0.3, -0.25) is 0 Å². The second-order valence-electron chi connectivity index (χ2n) is 7.85. The molecule has 0 aromatic carbocycles. The number of alkyl halides is 27. The second-order valence-corrected chi connectivity index (χ2v) is 12.1. The third-order valence-electron chi connectivity index (χ3n) is 4.29. The molecule has 0 aliphatic rings. The monoisotopic (exact) mass is 924 g/mol. The Bertz CT molecular complexity index is 1370. The summed E-state index contributed by atoms with van der Waals surface area (Å²) in [7, 11) is -22.3. The molecular weight excluding hydrogens is 924 g/mol. The maximum atomic E-state index is 12.2. The Morgan fingerprint density at radius 1 is 0.250 bits per heavy atom. The van der Waals surface area contributed by atoms with E-state index < -0.39 is 100 Å². The van der Waals surface area contributed by atoms with Crippen molar-refractivity contribution in [1.29, 1.82) is 0 Å². The zero-order valence-electron chi connectivity index (χ0n) is 21.7. The maximum absolute atomic E-state index is 12.2. The Hall–Kier alpha value is -1.63. The first kappa shape index (κ1) is 57.1. The summed E-state index contributed by atoms with van der Waals surface area (Å²) in [6, 6.07) is 0. The summed E-state index contributed by atoms with van der Waals surface area (Å²) in [5.41, 5.74) is 0. The van der Waals surface area contributed by atoms with E-state index in [4.69, 9.17) is 0 Å². The predicted octanol–water partition coefficient (Wildman–Crippen LogP) is 5.49. The first-order valence-electron chi connectivity index (χ1n) is 9.46. The van der Waals surface area contributed by atoms with Gasteiger partial charge in [-0.2, -0.15) is 119 Å². The summed E-state index contributed by atoms with van der Waals surface area (Å²) in [5.74, 6) is -44.5. The first-order chi connectivity index (χ1) is 21.0. The maximum Gasteiger partial charge on any atom is 3.00 e. The third-order valence-corrected chi connectivity index (χ3v) is 6.94. The van der Waals surface area contributed by atoms with Gasteiger partial charge in [0.15, 0.2) is 30.4 Å². The predicted molar refractivity (Wildman–Crippen MR) is 97.5 cm³/mol. The van der Waals surface area contributed by atoms with Gasteiger partial charge in [0.25, 0.3) is 0 Å². The van der Waals surface area contributed by atoms with E-state index in [9.17, 15) is 157 Å². The van der Waals surface area contributed by atoms with Crippen molar-refractivity contribution in [2.24, 2.45) is 0 Å². The van der Waals surface area contributed by atoms with Crippen LogP contribution in [0.1, 0.15) is 0 Å². The van der Waals surface area contributed by atoms with Crippen molar-refractivity contribution in [2.75, 3.05) is 0 Å². The fourth-order valence-electron chi connectivity index (χ4n) is 1.55.